The first kappa shape index (κ1) is 19.3. The maximum absolute atomic E-state index is 13.6. The molecule has 2 heterocycles. The maximum Gasteiger partial charge on any atom is 0.339 e. The Morgan fingerprint density at radius 2 is 1.93 bits per heavy atom. The van der Waals surface area contributed by atoms with Crippen molar-refractivity contribution in [2.75, 3.05) is 11.9 Å². The molecule has 0 bridgehead atoms. The van der Waals surface area contributed by atoms with Gasteiger partial charge in [0.05, 0.1) is 17.3 Å². The highest BCUT2D eigenvalue weighted by atomic mass is 19.1. The molecule has 4 rings (SSSR count). The number of nitrogens with one attached hydrogen (secondary N) is 1. The number of amides is 1. The zero-order valence-electron chi connectivity index (χ0n) is 16.0. The van der Waals surface area contributed by atoms with E-state index in [9.17, 15) is 14.0 Å². The molecule has 150 valence electrons. The number of carbonyl (C=O) groups excluding carboxylic acids is 2. The van der Waals surface area contributed by atoms with E-state index in [1.54, 1.807) is 55.5 Å². The van der Waals surface area contributed by atoms with E-state index >= 15 is 0 Å². The minimum atomic E-state index is -0.674. The number of fused-ring (bicyclic) bond motifs is 1. The molecule has 0 saturated carbocycles. The summed E-state index contributed by atoms with van der Waals surface area (Å²) in [6.07, 6.45) is 1.52. The average molecular weight is 404 g/mol. The second-order valence-electron chi connectivity index (χ2n) is 6.64. The van der Waals surface area contributed by atoms with E-state index in [-0.39, 0.29) is 11.3 Å². The molecule has 1 N–H and O–H groups in total. The molecule has 0 aliphatic carbocycles. The number of rotatable bonds is 5. The van der Waals surface area contributed by atoms with E-state index in [0.29, 0.717) is 27.9 Å². The van der Waals surface area contributed by atoms with Crippen LogP contribution in [0.2, 0.25) is 0 Å². The topological polar surface area (TPSA) is 81.4 Å². The molecule has 0 unspecified atom stereocenters. The first-order chi connectivity index (χ1) is 14.5. The molecule has 0 fully saturated rings. The van der Waals surface area contributed by atoms with Crippen molar-refractivity contribution in [3.05, 3.63) is 83.9 Å². The predicted molar refractivity (Wildman–Crippen MR) is 109 cm³/mol. The van der Waals surface area contributed by atoms with E-state index in [1.807, 2.05) is 6.07 Å². The number of furan rings is 1. The number of halogens is 1. The highest BCUT2D eigenvalue weighted by Crippen LogP contribution is 2.25. The van der Waals surface area contributed by atoms with Gasteiger partial charge in [-0.25, -0.2) is 14.2 Å². The van der Waals surface area contributed by atoms with Gasteiger partial charge in [0.25, 0.3) is 5.91 Å². The van der Waals surface area contributed by atoms with E-state index < -0.39 is 24.3 Å². The lowest BCUT2D eigenvalue weighted by molar-refractivity contribution is -0.119. The smallest absolute Gasteiger partial charge is 0.339 e. The number of hydrogen-bond acceptors (Lipinski definition) is 5. The molecule has 0 aliphatic rings. The fourth-order valence-electron chi connectivity index (χ4n) is 2.97. The minimum absolute atomic E-state index is 0.265. The Morgan fingerprint density at radius 1 is 1.10 bits per heavy atom. The summed E-state index contributed by atoms with van der Waals surface area (Å²) in [5, 5.41) is 3.10. The molecule has 0 saturated heterocycles. The first-order valence-corrected chi connectivity index (χ1v) is 9.18. The first-order valence-electron chi connectivity index (χ1n) is 9.18. The SMILES string of the molecule is Cc1ccc(NC(=O)COC(=O)c2cc(-c3ccco3)nc3ccccc23)cc1F. The van der Waals surface area contributed by atoms with Crippen molar-refractivity contribution >= 4 is 28.5 Å². The summed E-state index contributed by atoms with van der Waals surface area (Å²) in [7, 11) is 0. The fraction of sp³-hybridized carbons (Fsp3) is 0.0870. The summed E-state index contributed by atoms with van der Waals surface area (Å²) in [4.78, 5) is 29.3. The highest BCUT2D eigenvalue weighted by molar-refractivity contribution is 6.05. The highest BCUT2D eigenvalue weighted by Gasteiger charge is 2.17. The van der Waals surface area contributed by atoms with Crippen molar-refractivity contribution in [2.24, 2.45) is 0 Å². The number of pyridine rings is 1. The van der Waals surface area contributed by atoms with Crippen LogP contribution in [0.25, 0.3) is 22.4 Å². The number of aromatic nitrogens is 1. The number of anilines is 1. The van der Waals surface area contributed by atoms with Crippen molar-refractivity contribution in [3.63, 3.8) is 0 Å². The molecule has 4 aromatic rings. The molecule has 6 nitrogen and oxygen atoms in total. The lowest BCUT2D eigenvalue weighted by atomic mass is 10.1. The third-order valence-corrected chi connectivity index (χ3v) is 4.50. The fourth-order valence-corrected chi connectivity index (χ4v) is 2.97. The molecule has 2 aromatic heterocycles. The Bertz CT molecular complexity index is 1240. The van der Waals surface area contributed by atoms with Crippen LogP contribution in [0.5, 0.6) is 0 Å². The third-order valence-electron chi connectivity index (χ3n) is 4.50. The summed E-state index contributed by atoms with van der Waals surface area (Å²) in [5.74, 6) is -1.17. The van der Waals surface area contributed by atoms with Crippen LogP contribution in [-0.2, 0) is 9.53 Å². The molecule has 0 radical (unpaired) electrons. The van der Waals surface area contributed by atoms with Gasteiger partial charge in [-0.1, -0.05) is 24.3 Å². The Balaban J connectivity index is 1.52. The van der Waals surface area contributed by atoms with Crippen LogP contribution in [0.1, 0.15) is 15.9 Å². The summed E-state index contributed by atoms with van der Waals surface area (Å²) in [6, 6.07) is 16.5. The van der Waals surface area contributed by atoms with Gasteiger partial charge in [0, 0.05) is 11.1 Å². The van der Waals surface area contributed by atoms with Crippen LogP contribution in [0.15, 0.2) is 71.3 Å². The van der Waals surface area contributed by atoms with E-state index in [0.717, 1.165) is 0 Å². The molecule has 2 aromatic carbocycles. The second-order valence-corrected chi connectivity index (χ2v) is 6.64. The summed E-state index contributed by atoms with van der Waals surface area (Å²) in [6.45, 7) is 1.11. The Morgan fingerprint density at radius 3 is 2.70 bits per heavy atom. The largest absolute Gasteiger partial charge is 0.463 e. The van der Waals surface area contributed by atoms with Gasteiger partial charge >= 0.3 is 5.97 Å². The van der Waals surface area contributed by atoms with Gasteiger partial charge < -0.3 is 14.5 Å². The number of carbonyl (C=O) groups is 2. The van der Waals surface area contributed by atoms with Gasteiger partial charge in [-0.05, 0) is 48.9 Å². The van der Waals surface area contributed by atoms with Gasteiger partial charge in [0.15, 0.2) is 12.4 Å². The van der Waals surface area contributed by atoms with Gasteiger partial charge in [-0.15, -0.1) is 0 Å². The summed E-state index contributed by atoms with van der Waals surface area (Å²) >= 11 is 0. The Labute approximate surface area is 171 Å². The number of para-hydroxylation sites is 1. The van der Waals surface area contributed by atoms with Crippen LogP contribution >= 0.6 is 0 Å². The van der Waals surface area contributed by atoms with Crippen LogP contribution in [0.4, 0.5) is 10.1 Å². The minimum Gasteiger partial charge on any atom is -0.463 e. The molecule has 0 aliphatic heterocycles. The number of ether oxygens (including phenoxy) is 1. The second kappa shape index (κ2) is 8.16. The van der Waals surface area contributed by atoms with Crippen molar-refractivity contribution in [1.82, 2.24) is 4.98 Å². The van der Waals surface area contributed by atoms with Crippen molar-refractivity contribution in [1.29, 1.82) is 0 Å². The summed E-state index contributed by atoms with van der Waals surface area (Å²) in [5.41, 5.74) is 2.09. The number of esters is 1. The van der Waals surface area contributed by atoms with Crippen molar-refractivity contribution in [3.8, 4) is 11.5 Å². The molecule has 0 atom stereocenters. The van der Waals surface area contributed by atoms with Gasteiger partial charge in [-0.2, -0.15) is 0 Å². The predicted octanol–water partition coefficient (Wildman–Crippen LogP) is 4.74. The molecule has 30 heavy (non-hydrogen) atoms. The summed E-state index contributed by atoms with van der Waals surface area (Å²) < 4.78 is 24.2. The Kier molecular flexibility index (Phi) is 5.26. The quantitative estimate of drug-likeness (QED) is 0.486. The van der Waals surface area contributed by atoms with Gasteiger partial charge in [0.2, 0.25) is 0 Å². The van der Waals surface area contributed by atoms with Crippen LogP contribution in [0, 0.1) is 12.7 Å². The van der Waals surface area contributed by atoms with Crippen molar-refractivity contribution < 1.29 is 23.1 Å². The molecular formula is C23H17FN2O4. The number of benzene rings is 2. The van der Waals surface area contributed by atoms with Crippen molar-refractivity contribution in [2.45, 2.75) is 6.92 Å². The lowest BCUT2D eigenvalue weighted by Crippen LogP contribution is -2.21. The average Bonchev–Trinajstić information content (AvgIpc) is 3.29. The number of nitrogens with zero attached hydrogens (tertiary/aromatic N) is 1. The normalized spacial score (nSPS) is 10.7. The number of aryl methyl sites for hydroxylation is 1. The van der Waals surface area contributed by atoms with Crippen LogP contribution in [0.3, 0.4) is 0 Å². The molecule has 7 heteroatoms. The maximum atomic E-state index is 13.6. The monoisotopic (exact) mass is 404 g/mol. The molecule has 0 spiro atoms. The van der Waals surface area contributed by atoms with Gasteiger partial charge in [-0.3, -0.25) is 4.79 Å². The molecule has 1 amide bonds. The Hall–Kier alpha value is -4.00. The zero-order chi connectivity index (χ0) is 21.1. The van der Waals surface area contributed by atoms with Gasteiger partial charge in [0.1, 0.15) is 11.5 Å². The third kappa shape index (κ3) is 4.05. The standard InChI is InChI=1S/C23H17FN2O4/c1-14-8-9-15(11-18(14)24)25-22(27)13-30-23(28)17-12-20(21-7-4-10-29-21)26-19-6-3-2-5-16(17)19/h2-12H,13H2,1H3,(H,25,27). The van der Waals surface area contributed by atoms with Crippen LogP contribution in [-0.4, -0.2) is 23.5 Å². The van der Waals surface area contributed by atoms with E-state index in [2.05, 4.69) is 10.3 Å². The lowest BCUT2D eigenvalue weighted by Gasteiger charge is -2.10. The van der Waals surface area contributed by atoms with Crippen LogP contribution < -0.4 is 5.32 Å². The number of hydrogen-bond donors (Lipinski definition) is 1. The zero-order valence-corrected chi connectivity index (χ0v) is 16.0. The van der Waals surface area contributed by atoms with E-state index in [4.69, 9.17) is 9.15 Å². The molecular weight excluding hydrogens is 387 g/mol. The van der Waals surface area contributed by atoms with E-state index in [1.165, 1.54) is 12.3 Å².